The quantitative estimate of drug-likeness (QED) is 0.680. The first-order valence-corrected chi connectivity index (χ1v) is 8.82. The molecule has 1 heterocycles. The fourth-order valence-corrected chi connectivity index (χ4v) is 3.01. The van der Waals surface area contributed by atoms with Crippen molar-refractivity contribution in [3.05, 3.63) is 0 Å². The first-order chi connectivity index (χ1) is 10.5. The molecule has 0 aromatic rings. The van der Waals surface area contributed by atoms with Crippen LogP contribution in [-0.4, -0.2) is 55.7 Å². The summed E-state index contributed by atoms with van der Waals surface area (Å²) in [6.07, 6.45) is 3.93. The molecule has 0 aromatic heterocycles. The van der Waals surface area contributed by atoms with Crippen LogP contribution in [0.4, 0.5) is 0 Å². The van der Waals surface area contributed by atoms with Crippen molar-refractivity contribution in [1.29, 1.82) is 0 Å². The van der Waals surface area contributed by atoms with Gasteiger partial charge in [-0.05, 0) is 39.5 Å². The maximum absolute atomic E-state index is 12.5. The first kappa shape index (κ1) is 19.4. The van der Waals surface area contributed by atoms with E-state index < -0.39 is 0 Å². The number of piperidine rings is 1. The lowest BCUT2D eigenvalue weighted by molar-refractivity contribution is -0.132. The second kappa shape index (κ2) is 9.48. The predicted octanol–water partition coefficient (Wildman–Crippen LogP) is 1.76. The molecule has 5 nitrogen and oxygen atoms in total. The number of nitrogens with zero attached hydrogens (tertiary/aromatic N) is 1. The highest BCUT2D eigenvalue weighted by Gasteiger charge is 2.34. The van der Waals surface area contributed by atoms with Crippen molar-refractivity contribution in [1.82, 2.24) is 10.2 Å². The summed E-state index contributed by atoms with van der Waals surface area (Å²) >= 11 is 0. The lowest BCUT2D eigenvalue weighted by atomic mass is 9.81. The SMILES string of the molecule is CCC(CC)(CN)C(=O)NC1CCN(CCOC(C)C)CC1. The molecule has 0 bridgehead atoms. The van der Waals surface area contributed by atoms with Crippen molar-refractivity contribution < 1.29 is 9.53 Å². The molecule has 1 saturated heterocycles. The van der Waals surface area contributed by atoms with Crippen molar-refractivity contribution in [3.8, 4) is 0 Å². The van der Waals surface area contributed by atoms with E-state index in [4.69, 9.17) is 10.5 Å². The van der Waals surface area contributed by atoms with Gasteiger partial charge in [-0.2, -0.15) is 0 Å². The lowest BCUT2D eigenvalue weighted by Crippen LogP contribution is -2.52. The Morgan fingerprint density at radius 3 is 2.36 bits per heavy atom. The number of nitrogens with one attached hydrogen (secondary N) is 1. The van der Waals surface area contributed by atoms with Gasteiger partial charge in [-0.3, -0.25) is 4.79 Å². The molecule has 0 atom stereocenters. The van der Waals surface area contributed by atoms with E-state index in [9.17, 15) is 4.79 Å². The van der Waals surface area contributed by atoms with Gasteiger partial charge in [0.05, 0.1) is 18.1 Å². The largest absolute Gasteiger partial charge is 0.377 e. The maximum atomic E-state index is 12.5. The minimum atomic E-state index is -0.387. The fraction of sp³-hybridized carbons (Fsp3) is 0.941. The fourth-order valence-electron chi connectivity index (χ4n) is 3.01. The van der Waals surface area contributed by atoms with Crippen LogP contribution in [0, 0.1) is 5.41 Å². The number of rotatable bonds is 9. The molecule has 5 heteroatoms. The Hall–Kier alpha value is -0.650. The molecule has 1 aliphatic heterocycles. The Bertz CT molecular complexity index is 314. The van der Waals surface area contributed by atoms with Gasteiger partial charge in [0, 0.05) is 32.2 Å². The molecule has 0 aliphatic carbocycles. The minimum Gasteiger partial charge on any atom is -0.377 e. The van der Waals surface area contributed by atoms with Crippen molar-refractivity contribution in [3.63, 3.8) is 0 Å². The molecule has 0 unspecified atom stereocenters. The van der Waals surface area contributed by atoms with Crippen LogP contribution in [0.2, 0.25) is 0 Å². The molecule has 0 saturated carbocycles. The van der Waals surface area contributed by atoms with E-state index in [1.54, 1.807) is 0 Å². The number of carbonyl (C=O) groups is 1. The summed E-state index contributed by atoms with van der Waals surface area (Å²) in [7, 11) is 0. The van der Waals surface area contributed by atoms with Gasteiger partial charge in [0.15, 0.2) is 0 Å². The predicted molar refractivity (Wildman–Crippen MR) is 90.8 cm³/mol. The van der Waals surface area contributed by atoms with E-state index in [1.807, 2.05) is 13.8 Å². The summed E-state index contributed by atoms with van der Waals surface area (Å²) in [4.78, 5) is 14.9. The van der Waals surface area contributed by atoms with Crippen molar-refractivity contribution in [2.45, 2.75) is 65.5 Å². The number of ether oxygens (including phenoxy) is 1. The van der Waals surface area contributed by atoms with Gasteiger partial charge in [-0.25, -0.2) is 0 Å². The van der Waals surface area contributed by atoms with Crippen LogP contribution >= 0.6 is 0 Å². The van der Waals surface area contributed by atoms with Crippen molar-refractivity contribution in [2.24, 2.45) is 11.1 Å². The molecule has 1 rings (SSSR count). The van der Waals surface area contributed by atoms with Crippen LogP contribution in [0.5, 0.6) is 0 Å². The van der Waals surface area contributed by atoms with Gasteiger partial charge < -0.3 is 20.7 Å². The number of nitrogens with two attached hydrogens (primary N) is 1. The summed E-state index contributed by atoms with van der Waals surface area (Å²) in [6, 6.07) is 0.291. The molecular weight excluding hydrogens is 278 g/mol. The average Bonchev–Trinajstić information content (AvgIpc) is 2.51. The van der Waals surface area contributed by atoms with Crippen LogP contribution in [0.15, 0.2) is 0 Å². The van der Waals surface area contributed by atoms with Gasteiger partial charge in [-0.15, -0.1) is 0 Å². The Morgan fingerprint density at radius 1 is 1.32 bits per heavy atom. The topological polar surface area (TPSA) is 67.6 Å². The molecule has 3 N–H and O–H groups in total. The molecule has 0 aromatic carbocycles. The number of hydrogen-bond acceptors (Lipinski definition) is 4. The van der Waals surface area contributed by atoms with E-state index in [2.05, 4.69) is 24.1 Å². The van der Waals surface area contributed by atoms with Crippen LogP contribution in [0.3, 0.4) is 0 Å². The first-order valence-electron chi connectivity index (χ1n) is 8.82. The van der Waals surface area contributed by atoms with E-state index >= 15 is 0 Å². The Kier molecular flexibility index (Phi) is 8.36. The van der Waals surface area contributed by atoms with Crippen molar-refractivity contribution >= 4 is 5.91 Å². The zero-order valence-electron chi connectivity index (χ0n) is 14.9. The Labute approximate surface area is 135 Å². The molecule has 1 amide bonds. The molecule has 22 heavy (non-hydrogen) atoms. The number of hydrogen-bond donors (Lipinski definition) is 2. The molecular formula is C17H35N3O2. The standard InChI is InChI=1S/C17H35N3O2/c1-5-17(6-2,13-18)16(21)19-15-7-9-20(10-8-15)11-12-22-14(3)4/h14-15H,5-13,18H2,1-4H3,(H,19,21). The van der Waals surface area contributed by atoms with Crippen LogP contribution < -0.4 is 11.1 Å². The highest BCUT2D eigenvalue weighted by Crippen LogP contribution is 2.25. The van der Waals surface area contributed by atoms with E-state index in [0.717, 1.165) is 51.9 Å². The lowest BCUT2D eigenvalue weighted by Gasteiger charge is -2.35. The van der Waals surface area contributed by atoms with Gasteiger partial charge in [0.2, 0.25) is 5.91 Å². The van der Waals surface area contributed by atoms with Gasteiger partial charge in [0.1, 0.15) is 0 Å². The van der Waals surface area contributed by atoms with Gasteiger partial charge in [-0.1, -0.05) is 13.8 Å². The number of carbonyl (C=O) groups excluding carboxylic acids is 1. The molecule has 130 valence electrons. The normalized spacial score (nSPS) is 17.9. The minimum absolute atomic E-state index is 0.140. The molecule has 0 spiro atoms. The van der Waals surface area contributed by atoms with E-state index in [-0.39, 0.29) is 11.3 Å². The van der Waals surface area contributed by atoms with Crippen LogP contribution in [0.1, 0.15) is 53.4 Å². The molecule has 1 fully saturated rings. The summed E-state index contributed by atoms with van der Waals surface area (Å²) in [5.74, 6) is 0.140. The Morgan fingerprint density at radius 2 is 1.91 bits per heavy atom. The molecule has 1 aliphatic rings. The smallest absolute Gasteiger partial charge is 0.227 e. The summed E-state index contributed by atoms with van der Waals surface area (Å²) in [5.41, 5.74) is 5.47. The third-order valence-electron chi connectivity index (χ3n) is 5.01. The highest BCUT2D eigenvalue weighted by molar-refractivity contribution is 5.83. The average molecular weight is 313 g/mol. The summed E-state index contributed by atoms with van der Waals surface area (Å²) in [6.45, 7) is 12.5. The Balaban J connectivity index is 2.34. The zero-order chi connectivity index (χ0) is 16.6. The number of likely N-dealkylation sites (tertiary alicyclic amines) is 1. The monoisotopic (exact) mass is 313 g/mol. The van der Waals surface area contributed by atoms with E-state index in [1.165, 1.54) is 0 Å². The second-order valence-corrected chi connectivity index (χ2v) is 6.70. The van der Waals surface area contributed by atoms with E-state index in [0.29, 0.717) is 18.7 Å². The van der Waals surface area contributed by atoms with Crippen LogP contribution in [0.25, 0.3) is 0 Å². The maximum Gasteiger partial charge on any atom is 0.227 e. The van der Waals surface area contributed by atoms with Crippen molar-refractivity contribution in [2.75, 3.05) is 32.8 Å². The zero-order valence-corrected chi connectivity index (χ0v) is 14.9. The highest BCUT2D eigenvalue weighted by atomic mass is 16.5. The summed E-state index contributed by atoms with van der Waals surface area (Å²) < 4.78 is 5.60. The van der Waals surface area contributed by atoms with Gasteiger partial charge >= 0.3 is 0 Å². The molecule has 0 radical (unpaired) electrons. The van der Waals surface area contributed by atoms with Gasteiger partial charge in [0.25, 0.3) is 0 Å². The second-order valence-electron chi connectivity index (χ2n) is 6.70. The third-order valence-corrected chi connectivity index (χ3v) is 5.01. The van der Waals surface area contributed by atoms with Crippen LogP contribution in [-0.2, 0) is 9.53 Å². The third kappa shape index (κ3) is 5.52. The number of amides is 1. The summed E-state index contributed by atoms with van der Waals surface area (Å²) in [5, 5.41) is 3.23.